The molecule has 0 aromatic heterocycles. The Bertz CT molecular complexity index is 619. The van der Waals surface area contributed by atoms with Gasteiger partial charge in [0.25, 0.3) is 0 Å². The molecule has 0 spiro atoms. The molecular weight excluding hydrogens is 302 g/mol. The first kappa shape index (κ1) is 17.0. The Morgan fingerprint density at radius 3 is 2.67 bits per heavy atom. The minimum atomic E-state index is -0.321. The molecule has 1 aromatic carbocycles. The summed E-state index contributed by atoms with van der Waals surface area (Å²) in [5.74, 6) is 0.644. The maximum absolute atomic E-state index is 12.6. The highest BCUT2D eigenvalue weighted by Crippen LogP contribution is 2.36. The molecule has 2 aliphatic carbocycles. The number of amides is 1. The van der Waals surface area contributed by atoms with Crippen molar-refractivity contribution >= 4 is 11.9 Å². The molecule has 0 aliphatic heterocycles. The lowest BCUT2D eigenvalue weighted by molar-refractivity contribution is -0.132. The maximum Gasteiger partial charge on any atom is 0.337 e. The Kier molecular flexibility index (Phi) is 5.22. The van der Waals surface area contributed by atoms with Crippen LogP contribution in [0.25, 0.3) is 0 Å². The second-order valence-electron chi connectivity index (χ2n) is 7.15. The first-order valence-electron chi connectivity index (χ1n) is 9.07. The predicted molar refractivity (Wildman–Crippen MR) is 92.8 cm³/mol. The number of esters is 1. The number of carbonyl (C=O) groups is 2. The van der Waals surface area contributed by atoms with E-state index >= 15 is 0 Å². The van der Waals surface area contributed by atoms with Crippen LogP contribution in [0.4, 0.5) is 0 Å². The van der Waals surface area contributed by atoms with Gasteiger partial charge >= 0.3 is 5.97 Å². The van der Waals surface area contributed by atoms with Crippen molar-refractivity contribution in [2.24, 2.45) is 5.92 Å². The van der Waals surface area contributed by atoms with Crippen LogP contribution < -0.4 is 0 Å². The summed E-state index contributed by atoms with van der Waals surface area (Å²) in [6.07, 6.45) is 8.77. The Labute approximate surface area is 144 Å². The Morgan fingerprint density at radius 2 is 1.96 bits per heavy atom. The van der Waals surface area contributed by atoms with Gasteiger partial charge in [0.05, 0.1) is 18.7 Å². The zero-order chi connectivity index (χ0) is 17.1. The van der Waals surface area contributed by atoms with Gasteiger partial charge in [0.2, 0.25) is 5.91 Å². The van der Waals surface area contributed by atoms with E-state index in [-0.39, 0.29) is 17.9 Å². The van der Waals surface area contributed by atoms with Gasteiger partial charge in [0.15, 0.2) is 0 Å². The summed E-state index contributed by atoms with van der Waals surface area (Å²) in [5.41, 5.74) is 2.91. The number of nitrogens with zero attached hydrogens (tertiary/aromatic N) is 1. The van der Waals surface area contributed by atoms with Gasteiger partial charge in [-0.3, -0.25) is 4.79 Å². The molecular formula is C20H27NO3. The molecule has 0 saturated heterocycles. The summed E-state index contributed by atoms with van der Waals surface area (Å²) in [5, 5.41) is 0. The van der Waals surface area contributed by atoms with E-state index in [0.29, 0.717) is 12.0 Å². The third-order valence-corrected chi connectivity index (χ3v) is 5.72. The van der Waals surface area contributed by atoms with Gasteiger partial charge in [-0.05, 0) is 48.4 Å². The van der Waals surface area contributed by atoms with Gasteiger partial charge in [0.1, 0.15) is 0 Å². The largest absolute Gasteiger partial charge is 0.465 e. The molecule has 0 bridgehead atoms. The lowest BCUT2D eigenvalue weighted by Crippen LogP contribution is -2.30. The summed E-state index contributed by atoms with van der Waals surface area (Å²) in [4.78, 5) is 26.3. The monoisotopic (exact) mass is 329 g/mol. The van der Waals surface area contributed by atoms with E-state index in [1.165, 1.54) is 38.4 Å². The van der Waals surface area contributed by atoms with Gasteiger partial charge in [-0.2, -0.15) is 0 Å². The second kappa shape index (κ2) is 7.37. The van der Waals surface area contributed by atoms with E-state index in [2.05, 4.69) is 0 Å². The number of methoxy groups -OCH3 is 1. The van der Waals surface area contributed by atoms with Gasteiger partial charge < -0.3 is 9.64 Å². The van der Waals surface area contributed by atoms with E-state index in [1.54, 1.807) is 0 Å². The number of fused-ring (bicyclic) bond motifs is 1. The van der Waals surface area contributed by atoms with E-state index in [1.807, 2.05) is 30.1 Å². The molecule has 0 radical (unpaired) electrons. The quantitative estimate of drug-likeness (QED) is 0.770. The highest BCUT2D eigenvalue weighted by molar-refractivity contribution is 5.89. The molecule has 1 amide bonds. The van der Waals surface area contributed by atoms with Gasteiger partial charge in [-0.1, -0.05) is 31.7 Å². The van der Waals surface area contributed by atoms with Gasteiger partial charge in [-0.15, -0.1) is 0 Å². The number of aryl methyl sites for hydroxylation is 1. The van der Waals surface area contributed by atoms with E-state index in [4.69, 9.17) is 4.74 Å². The van der Waals surface area contributed by atoms with Gasteiger partial charge in [-0.25, -0.2) is 4.79 Å². The van der Waals surface area contributed by atoms with Crippen molar-refractivity contribution < 1.29 is 14.3 Å². The van der Waals surface area contributed by atoms with Crippen molar-refractivity contribution in [1.29, 1.82) is 0 Å². The Morgan fingerprint density at radius 1 is 1.21 bits per heavy atom. The van der Waals surface area contributed by atoms with Crippen LogP contribution in [-0.4, -0.2) is 30.9 Å². The summed E-state index contributed by atoms with van der Waals surface area (Å²) >= 11 is 0. The maximum atomic E-state index is 12.6. The first-order valence-corrected chi connectivity index (χ1v) is 9.07. The van der Waals surface area contributed by atoms with Crippen LogP contribution in [0.2, 0.25) is 0 Å². The third-order valence-electron chi connectivity index (χ3n) is 5.72. The molecule has 4 nitrogen and oxygen atoms in total. The van der Waals surface area contributed by atoms with Crippen molar-refractivity contribution in [3.63, 3.8) is 0 Å². The van der Waals surface area contributed by atoms with Crippen LogP contribution >= 0.6 is 0 Å². The predicted octanol–water partition coefficient (Wildman–Crippen LogP) is 3.89. The van der Waals surface area contributed by atoms with E-state index in [0.717, 1.165) is 30.7 Å². The Balaban J connectivity index is 1.67. The van der Waals surface area contributed by atoms with Gasteiger partial charge in [0, 0.05) is 13.5 Å². The number of rotatable bonds is 5. The number of benzene rings is 1. The number of ether oxygens (including phenoxy) is 1. The molecule has 1 fully saturated rings. The normalized spacial score (nSPS) is 20.0. The van der Waals surface area contributed by atoms with Crippen molar-refractivity contribution in [1.82, 2.24) is 4.90 Å². The van der Waals surface area contributed by atoms with E-state index < -0.39 is 0 Å². The van der Waals surface area contributed by atoms with Crippen molar-refractivity contribution in [3.05, 3.63) is 34.9 Å². The summed E-state index contributed by atoms with van der Waals surface area (Å²) in [6.45, 7) is 0. The second-order valence-corrected chi connectivity index (χ2v) is 7.15. The average Bonchev–Trinajstić information content (AvgIpc) is 3.27. The SMILES string of the molecule is COC(=O)c1ccc2c(c1)[C@H](N(C)C(=O)CCC1CCCC1)CC2. The van der Waals surface area contributed by atoms with Crippen molar-refractivity contribution in [2.75, 3.05) is 14.2 Å². The molecule has 1 atom stereocenters. The molecule has 130 valence electrons. The number of carbonyl (C=O) groups excluding carboxylic acids is 2. The van der Waals surface area contributed by atoms with E-state index in [9.17, 15) is 9.59 Å². The minimum absolute atomic E-state index is 0.0840. The molecule has 3 rings (SSSR count). The van der Waals surface area contributed by atoms with Crippen LogP contribution in [0.5, 0.6) is 0 Å². The summed E-state index contributed by atoms with van der Waals surface area (Å²) in [7, 11) is 3.30. The smallest absolute Gasteiger partial charge is 0.337 e. The number of hydrogen-bond acceptors (Lipinski definition) is 3. The fraction of sp³-hybridized carbons (Fsp3) is 0.600. The van der Waals surface area contributed by atoms with Crippen LogP contribution in [-0.2, 0) is 16.0 Å². The zero-order valence-corrected chi connectivity index (χ0v) is 14.7. The standard InChI is InChI=1S/C20H27NO3/c1-21(19(22)12-7-14-5-3-4-6-14)18-11-10-15-8-9-16(13-17(15)18)20(23)24-2/h8-9,13-14,18H,3-7,10-12H2,1-2H3/t18-/m1/s1. The third kappa shape index (κ3) is 3.47. The van der Waals surface area contributed by atoms with Crippen LogP contribution in [0, 0.1) is 5.92 Å². The fourth-order valence-electron chi connectivity index (χ4n) is 4.20. The lowest BCUT2D eigenvalue weighted by Gasteiger charge is -2.26. The molecule has 0 N–H and O–H groups in total. The Hall–Kier alpha value is -1.84. The number of hydrogen-bond donors (Lipinski definition) is 0. The zero-order valence-electron chi connectivity index (χ0n) is 14.7. The van der Waals surface area contributed by atoms with Crippen LogP contribution in [0.1, 0.15) is 72.5 Å². The molecule has 1 saturated carbocycles. The molecule has 24 heavy (non-hydrogen) atoms. The molecule has 4 heteroatoms. The van der Waals surface area contributed by atoms with Crippen molar-refractivity contribution in [3.8, 4) is 0 Å². The fourth-order valence-corrected chi connectivity index (χ4v) is 4.20. The molecule has 2 aliphatic rings. The summed E-state index contributed by atoms with van der Waals surface area (Å²) in [6, 6.07) is 5.80. The highest BCUT2D eigenvalue weighted by atomic mass is 16.5. The minimum Gasteiger partial charge on any atom is -0.465 e. The highest BCUT2D eigenvalue weighted by Gasteiger charge is 2.29. The average molecular weight is 329 g/mol. The van der Waals surface area contributed by atoms with Crippen LogP contribution in [0.15, 0.2) is 18.2 Å². The molecule has 1 aromatic rings. The lowest BCUT2D eigenvalue weighted by atomic mass is 10.00. The molecule has 0 heterocycles. The van der Waals surface area contributed by atoms with Crippen molar-refractivity contribution in [2.45, 2.75) is 57.4 Å². The first-order chi connectivity index (χ1) is 11.6. The van der Waals surface area contributed by atoms with Crippen LogP contribution in [0.3, 0.4) is 0 Å². The molecule has 0 unspecified atom stereocenters. The topological polar surface area (TPSA) is 46.6 Å². The summed E-state index contributed by atoms with van der Waals surface area (Å²) < 4.78 is 4.82.